The summed E-state index contributed by atoms with van der Waals surface area (Å²) in [6.45, 7) is 11.4. The molecule has 0 aromatic carbocycles. The molecule has 0 saturated carbocycles. The summed E-state index contributed by atoms with van der Waals surface area (Å²) in [4.78, 5) is 38.0. The van der Waals surface area contributed by atoms with Crippen molar-refractivity contribution in [2.24, 2.45) is 11.8 Å². The third kappa shape index (κ3) is 49.3. The number of esters is 3. The lowest BCUT2D eigenvalue weighted by Crippen LogP contribution is -2.30. The molecular weight excluding hydrogens is 757 g/mol. The second-order valence-electron chi connectivity index (χ2n) is 19.8. The number of unbranched alkanes of at least 4 members (excludes halogenated alkanes) is 34. The van der Waals surface area contributed by atoms with E-state index in [1.165, 1.54) is 193 Å². The van der Waals surface area contributed by atoms with Crippen LogP contribution in [-0.2, 0) is 28.6 Å². The molecule has 0 aromatic rings. The van der Waals surface area contributed by atoms with E-state index in [4.69, 9.17) is 14.2 Å². The number of hydrogen-bond acceptors (Lipinski definition) is 6. The molecule has 0 fully saturated rings. The number of ether oxygens (including phenoxy) is 3. The van der Waals surface area contributed by atoms with Gasteiger partial charge in [0.05, 0.1) is 0 Å². The summed E-state index contributed by atoms with van der Waals surface area (Å²) in [5, 5.41) is 0. The predicted octanol–water partition coefficient (Wildman–Crippen LogP) is 17.7. The monoisotopic (exact) mass is 863 g/mol. The van der Waals surface area contributed by atoms with Crippen LogP contribution in [0.2, 0.25) is 0 Å². The molecule has 1 atom stereocenters. The van der Waals surface area contributed by atoms with Crippen molar-refractivity contribution in [1.29, 1.82) is 0 Å². The first kappa shape index (κ1) is 59.4. The van der Waals surface area contributed by atoms with Crippen molar-refractivity contribution in [1.82, 2.24) is 0 Å². The molecule has 0 unspecified atom stereocenters. The molecule has 0 saturated heterocycles. The van der Waals surface area contributed by atoms with Crippen LogP contribution in [0.15, 0.2) is 0 Å². The van der Waals surface area contributed by atoms with Gasteiger partial charge in [-0.25, -0.2) is 0 Å². The molecule has 0 spiro atoms. The second-order valence-corrected chi connectivity index (χ2v) is 19.8. The van der Waals surface area contributed by atoms with Crippen molar-refractivity contribution in [2.45, 2.75) is 310 Å². The minimum absolute atomic E-state index is 0.0631. The van der Waals surface area contributed by atoms with Gasteiger partial charge in [-0.1, -0.05) is 266 Å². The highest BCUT2D eigenvalue weighted by molar-refractivity contribution is 5.71. The van der Waals surface area contributed by atoms with Crippen molar-refractivity contribution in [3.8, 4) is 0 Å². The molecule has 61 heavy (non-hydrogen) atoms. The molecule has 0 aliphatic carbocycles. The van der Waals surface area contributed by atoms with Crippen LogP contribution in [0.3, 0.4) is 0 Å². The Hall–Kier alpha value is -1.59. The van der Waals surface area contributed by atoms with Crippen molar-refractivity contribution < 1.29 is 28.6 Å². The Morgan fingerprint density at radius 1 is 0.311 bits per heavy atom. The van der Waals surface area contributed by atoms with E-state index >= 15 is 0 Å². The zero-order chi connectivity index (χ0) is 44.7. The van der Waals surface area contributed by atoms with Crippen molar-refractivity contribution >= 4 is 17.9 Å². The SMILES string of the molecule is CCCCCCCCCCCCCCCC(=O)OC[C@@H](COC(=O)CCCCCCCCCCCCCCC(C)C)OC(=O)CCCCCCCCCCCCCCC(C)C. The molecule has 362 valence electrons. The van der Waals surface area contributed by atoms with E-state index in [1.807, 2.05) is 0 Å². The van der Waals surface area contributed by atoms with Gasteiger partial charge in [0.25, 0.3) is 0 Å². The summed E-state index contributed by atoms with van der Waals surface area (Å²) in [6.07, 6.45) is 49.4. The summed E-state index contributed by atoms with van der Waals surface area (Å²) < 4.78 is 16.8. The van der Waals surface area contributed by atoms with E-state index in [0.29, 0.717) is 19.3 Å². The summed E-state index contributed by atoms with van der Waals surface area (Å²) in [5.74, 6) is 0.822. The van der Waals surface area contributed by atoms with Gasteiger partial charge < -0.3 is 14.2 Å². The van der Waals surface area contributed by atoms with E-state index in [-0.39, 0.29) is 31.1 Å². The Kier molecular flexibility index (Phi) is 46.6. The Balaban J connectivity index is 4.31. The largest absolute Gasteiger partial charge is 0.462 e. The smallest absolute Gasteiger partial charge is 0.306 e. The summed E-state index contributed by atoms with van der Waals surface area (Å²) >= 11 is 0. The fourth-order valence-corrected chi connectivity index (χ4v) is 8.34. The van der Waals surface area contributed by atoms with Gasteiger partial charge in [0.2, 0.25) is 0 Å². The highest BCUT2D eigenvalue weighted by Gasteiger charge is 2.19. The van der Waals surface area contributed by atoms with E-state index < -0.39 is 6.10 Å². The van der Waals surface area contributed by atoms with Gasteiger partial charge in [-0.2, -0.15) is 0 Å². The van der Waals surface area contributed by atoms with Gasteiger partial charge in [0.15, 0.2) is 6.10 Å². The first-order chi connectivity index (χ1) is 29.7. The second kappa shape index (κ2) is 47.9. The molecule has 0 rings (SSSR count). The molecule has 0 aliphatic rings. The fraction of sp³-hybridized carbons (Fsp3) is 0.945. The summed E-state index contributed by atoms with van der Waals surface area (Å²) in [6, 6.07) is 0. The standard InChI is InChI=1S/C55H106O6/c1-6-7-8-9-10-11-12-13-20-25-30-35-40-45-53(56)59-48-52(61-55(58)47-42-37-32-27-22-17-15-19-24-29-34-39-44-51(4)5)49-60-54(57)46-41-36-31-26-21-16-14-18-23-28-33-38-43-50(2)3/h50-52H,6-49H2,1-5H3/t52-/m0/s1. The third-order valence-corrected chi connectivity index (χ3v) is 12.5. The maximum atomic E-state index is 12.8. The third-order valence-electron chi connectivity index (χ3n) is 12.5. The maximum absolute atomic E-state index is 12.8. The van der Waals surface area contributed by atoms with Gasteiger partial charge in [-0.3, -0.25) is 14.4 Å². The van der Waals surface area contributed by atoms with Gasteiger partial charge >= 0.3 is 17.9 Å². The lowest BCUT2D eigenvalue weighted by atomic mass is 10.0. The molecule has 0 heterocycles. The molecule has 6 heteroatoms. The Bertz CT molecular complexity index is 931. The fourth-order valence-electron chi connectivity index (χ4n) is 8.34. The minimum atomic E-state index is -0.762. The van der Waals surface area contributed by atoms with E-state index in [9.17, 15) is 14.4 Å². The van der Waals surface area contributed by atoms with Crippen LogP contribution >= 0.6 is 0 Å². The zero-order valence-corrected chi connectivity index (χ0v) is 41.8. The van der Waals surface area contributed by atoms with Crippen LogP contribution in [0.4, 0.5) is 0 Å². The van der Waals surface area contributed by atoms with Crippen molar-refractivity contribution in [3.05, 3.63) is 0 Å². The van der Waals surface area contributed by atoms with E-state index in [1.54, 1.807) is 0 Å². The Morgan fingerprint density at radius 2 is 0.541 bits per heavy atom. The highest BCUT2D eigenvalue weighted by atomic mass is 16.6. The highest BCUT2D eigenvalue weighted by Crippen LogP contribution is 2.18. The molecule has 0 radical (unpaired) electrons. The zero-order valence-electron chi connectivity index (χ0n) is 41.8. The van der Waals surface area contributed by atoms with Gasteiger partial charge in [0, 0.05) is 19.3 Å². The van der Waals surface area contributed by atoms with E-state index in [2.05, 4.69) is 34.6 Å². The van der Waals surface area contributed by atoms with Gasteiger partial charge in [-0.15, -0.1) is 0 Å². The lowest BCUT2D eigenvalue weighted by molar-refractivity contribution is -0.167. The topological polar surface area (TPSA) is 78.9 Å². The van der Waals surface area contributed by atoms with Crippen molar-refractivity contribution in [3.63, 3.8) is 0 Å². The van der Waals surface area contributed by atoms with Gasteiger partial charge in [-0.05, 0) is 31.1 Å². The van der Waals surface area contributed by atoms with Crippen LogP contribution in [0.1, 0.15) is 304 Å². The molecule has 0 bridgehead atoms. The summed E-state index contributed by atoms with van der Waals surface area (Å²) in [7, 11) is 0. The molecule has 0 aliphatic heterocycles. The average molecular weight is 863 g/mol. The summed E-state index contributed by atoms with van der Waals surface area (Å²) in [5.41, 5.74) is 0. The maximum Gasteiger partial charge on any atom is 0.306 e. The normalized spacial score (nSPS) is 12.0. The number of rotatable bonds is 49. The number of carbonyl (C=O) groups excluding carboxylic acids is 3. The molecule has 6 nitrogen and oxygen atoms in total. The predicted molar refractivity (Wildman–Crippen MR) is 261 cm³/mol. The molecule has 0 amide bonds. The lowest BCUT2D eigenvalue weighted by Gasteiger charge is -2.18. The van der Waals surface area contributed by atoms with Crippen LogP contribution < -0.4 is 0 Å². The van der Waals surface area contributed by atoms with Crippen LogP contribution in [-0.4, -0.2) is 37.2 Å². The number of hydrogen-bond donors (Lipinski definition) is 0. The molecule has 0 N–H and O–H groups in total. The van der Waals surface area contributed by atoms with Crippen molar-refractivity contribution in [2.75, 3.05) is 13.2 Å². The molecule has 0 aromatic heterocycles. The van der Waals surface area contributed by atoms with Crippen LogP contribution in [0, 0.1) is 11.8 Å². The quantitative estimate of drug-likeness (QED) is 0.0344. The average Bonchev–Trinajstić information content (AvgIpc) is 3.23. The Morgan fingerprint density at radius 3 is 0.803 bits per heavy atom. The Labute approximate surface area is 380 Å². The first-order valence-corrected chi connectivity index (χ1v) is 27.2. The molecular formula is C55H106O6. The van der Waals surface area contributed by atoms with Gasteiger partial charge in [0.1, 0.15) is 13.2 Å². The van der Waals surface area contributed by atoms with Crippen LogP contribution in [0.5, 0.6) is 0 Å². The number of carbonyl (C=O) groups is 3. The van der Waals surface area contributed by atoms with Crippen LogP contribution in [0.25, 0.3) is 0 Å². The minimum Gasteiger partial charge on any atom is -0.462 e. The first-order valence-electron chi connectivity index (χ1n) is 27.2. The van der Waals surface area contributed by atoms with E-state index in [0.717, 1.165) is 69.6 Å².